The maximum Gasteiger partial charge on any atom is 0.296 e. The molecule has 0 aromatic heterocycles. The van der Waals surface area contributed by atoms with Crippen molar-refractivity contribution in [3.63, 3.8) is 0 Å². The minimum atomic E-state index is -1.06. The molecule has 0 N–H and O–H groups in total. The normalized spacial score (nSPS) is 12.8. The van der Waals surface area contributed by atoms with E-state index in [1.54, 1.807) is 0 Å². The quantitative estimate of drug-likeness (QED) is 0.183. The molecule has 0 radical (unpaired) electrons. The molecule has 1 heterocycles. The van der Waals surface area contributed by atoms with Crippen LogP contribution < -0.4 is 0 Å². The van der Waals surface area contributed by atoms with Crippen LogP contribution in [0.5, 0.6) is 0 Å². The van der Waals surface area contributed by atoms with Crippen molar-refractivity contribution in [3.8, 4) is 0 Å². The van der Waals surface area contributed by atoms with Crippen LogP contribution >= 0.6 is 12.6 Å². The summed E-state index contributed by atoms with van der Waals surface area (Å²) in [7, 11) is 1.23. The van der Waals surface area contributed by atoms with Crippen molar-refractivity contribution in [3.05, 3.63) is 44.5 Å². The Morgan fingerprint density at radius 2 is 1.96 bits per heavy atom. The van der Waals surface area contributed by atoms with Crippen LogP contribution in [0.2, 0.25) is 0 Å². The summed E-state index contributed by atoms with van der Waals surface area (Å²) in [5.41, 5.74) is -0.249. The second-order valence-electron chi connectivity index (χ2n) is 5.07. The molecule has 25 heavy (non-hydrogen) atoms. The van der Waals surface area contributed by atoms with Gasteiger partial charge in [0, 0.05) is 24.9 Å². The topological polar surface area (TPSA) is 127 Å². The van der Waals surface area contributed by atoms with E-state index in [1.807, 2.05) is 0 Å². The van der Waals surface area contributed by atoms with Gasteiger partial charge in [0.15, 0.2) is 13.0 Å². The van der Waals surface area contributed by atoms with Crippen molar-refractivity contribution in [1.29, 1.82) is 0 Å². The molecule has 1 aromatic carbocycles. The Hall–Kier alpha value is -2.95. The van der Waals surface area contributed by atoms with Gasteiger partial charge in [0.2, 0.25) is 0 Å². The second kappa shape index (κ2) is 7.30. The van der Waals surface area contributed by atoms with Crippen LogP contribution in [0.25, 0.3) is 0 Å². The maximum absolute atomic E-state index is 12.4. The first-order chi connectivity index (χ1) is 11.8. The zero-order valence-electron chi connectivity index (χ0n) is 13.0. The molecular formula is C14H13N3O7S. The molecule has 1 aliphatic heterocycles. The number of rotatable bonds is 7. The van der Waals surface area contributed by atoms with Crippen LogP contribution in [0.4, 0.5) is 0 Å². The Morgan fingerprint density at radius 3 is 2.48 bits per heavy atom. The van der Waals surface area contributed by atoms with Gasteiger partial charge in [-0.2, -0.15) is 12.6 Å². The first kappa shape index (κ1) is 18.4. The first-order valence-corrected chi connectivity index (χ1v) is 7.58. The summed E-state index contributed by atoms with van der Waals surface area (Å²) < 4.78 is 0. The lowest BCUT2D eigenvalue weighted by atomic mass is 9.99. The SMILES string of the molecule is CN(CO[N+](=O)[O-])C(=O)c1cc2c(cc1C=O)C(=O)N(CCS)C2=O. The Labute approximate surface area is 146 Å². The molecule has 10 nitrogen and oxygen atoms in total. The Morgan fingerprint density at radius 1 is 1.36 bits per heavy atom. The highest BCUT2D eigenvalue weighted by atomic mass is 32.1. The molecule has 0 saturated heterocycles. The fraction of sp³-hybridized carbons (Fsp3) is 0.286. The highest BCUT2D eigenvalue weighted by Crippen LogP contribution is 2.26. The van der Waals surface area contributed by atoms with Crippen molar-refractivity contribution in [2.75, 3.05) is 26.1 Å². The van der Waals surface area contributed by atoms with Crippen molar-refractivity contribution < 1.29 is 29.1 Å². The third kappa shape index (κ3) is 3.45. The number of hydrogen-bond acceptors (Lipinski definition) is 8. The largest absolute Gasteiger partial charge is 0.318 e. The van der Waals surface area contributed by atoms with Crippen molar-refractivity contribution >= 4 is 36.6 Å². The fourth-order valence-corrected chi connectivity index (χ4v) is 2.54. The number of carbonyl (C=O) groups is 4. The van der Waals surface area contributed by atoms with Crippen LogP contribution in [0.1, 0.15) is 41.4 Å². The van der Waals surface area contributed by atoms with Gasteiger partial charge < -0.3 is 4.90 Å². The monoisotopic (exact) mass is 367 g/mol. The molecule has 0 saturated carbocycles. The van der Waals surface area contributed by atoms with Gasteiger partial charge in [-0.15, -0.1) is 10.1 Å². The molecular weight excluding hydrogens is 354 g/mol. The number of aldehydes is 1. The van der Waals surface area contributed by atoms with Gasteiger partial charge in [-0.05, 0) is 12.1 Å². The van der Waals surface area contributed by atoms with Crippen LogP contribution in [-0.4, -0.2) is 65.0 Å². The molecule has 0 spiro atoms. The third-order valence-electron chi connectivity index (χ3n) is 3.53. The maximum atomic E-state index is 12.4. The van der Waals surface area contributed by atoms with E-state index in [2.05, 4.69) is 17.5 Å². The van der Waals surface area contributed by atoms with Crippen molar-refractivity contribution in [1.82, 2.24) is 9.80 Å². The molecule has 0 aliphatic carbocycles. The minimum Gasteiger partial charge on any atom is -0.318 e. The zero-order valence-corrected chi connectivity index (χ0v) is 13.9. The summed E-state index contributed by atoms with van der Waals surface area (Å²) >= 11 is 3.98. The highest BCUT2D eigenvalue weighted by Gasteiger charge is 2.36. The van der Waals surface area contributed by atoms with Gasteiger partial charge in [-0.25, -0.2) is 0 Å². The van der Waals surface area contributed by atoms with E-state index in [9.17, 15) is 29.3 Å². The molecule has 132 valence electrons. The number of nitrogens with zero attached hydrogens (tertiary/aromatic N) is 3. The lowest BCUT2D eigenvalue weighted by Crippen LogP contribution is -2.31. The van der Waals surface area contributed by atoms with Gasteiger partial charge in [-0.1, -0.05) is 0 Å². The van der Waals surface area contributed by atoms with E-state index < -0.39 is 29.5 Å². The Bertz CT molecular complexity index is 780. The average molecular weight is 367 g/mol. The van der Waals surface area contributed by atoms with Gasteiger partial charge >= 0.3 is 0 Å². The molecule has 0 bridgehead atoms. The fourth-order valence-electron chi connectivity index (χ4n) is 2.34. The molecule has 0 fully saturated rings. The van der Waals surface area contributed by atoms with E-state index in [0.29, 0.717) is 6.29 Å². The van der Waals surface area contributed by atoms with E-state index in [0.717, 1.165) is 21.9 Å². The number of thiol groups is 1. The first-order valence-electron chi connectivity index (χ1n) is 6.94. The second-order valence-corrected chi connectivity index (χ2v) is 5.52. The number of fused-ring (bicyclic) bond motifs is 1. The molecule has 1 aliphatic rings. The summed E-state index contributed by atoms with van der Waals surface area (Å²) in [4.78, 5) is 64.3. The molecule has 0 unspecified atom stereocenters. The summed E-state index contributed by atoms with van der Waals surface area (Å²) in [6, 6.07) is 2.30. The third-order valence-corrected chi connectivity index (χ3v) is 3.73. The average Bonchev–Trinajstić information content (AvgIpc) is 2.82. The van der Waals surface area contributed by atoms with E-state index in [4.69, 9.17) is 0 Å². The van der Waals surface area contributed by atoms with Crippen molar-refractivity contribution in [2.45, 2.75) is 0 Å². The van der Waals surface area contributed by atoms with Crippen molar-refractivity contribution in [2.24, 2.45) is 0 Å². The molecule has 0 atom stereocenters. The number of amides is 3. The number of carbonyl (C=O) groups excluding carboxylic acids is 4. The predicted molar refractivity (Wildman–Crippen MR) is 86.1 cm³/mol. The smallest absolute Gasteiger partial charge is 0.296 e. The number of imide groups is 1. The van der Waals surface area contributed by atoms with E-state index in [1.165, 1.54) is 7.05 Å². The summed E-state index contributed by atoms with van der Waals surface area (Å²) in [5, 5.41) is 9.15. The molecule has 11 heteroatoms. The van der Waals surface area contributed by atoms with Crippen LogP contribution in [0.3, 0.4) is 0 Å². The molecule has 1 aromatic rings. The van der Waals surface area contributed by atoms with Gasteiger partial charge in [0.1, 0.15) is 0 Å². The lowest BCUT2D eigenvalue weighted by molar-refractivity contribution is -0.761. The Kier molecular flexibility index (Phi) is 5.37. The van der Waals surface area contributed by atoms with Crippen LogP contribution in [0.15, 0.2) is 12.1 Å². The van der Waals surface area contributed by atoms with Gasteiger partial charge in [0.05, 0.1) is 16.7 Å². The number of hydrogen-bond donors (Lipinski definition) is 1. The van der Waals surface area contributed by atoms with Gasteiger partial charge in [-0.3, -0.25) is 28.9 Å². The molecule has 2 rings (SSSR count). The summed E-state index contributed by atoms with van der Waals surface area (Å²) in [6.45, 7) is -0.564. The summed E-state index contributed by atoms with van der Waals surface area (Å²) in [5.74, 6) is -1.66. The van der Waals surface area contributed by atoms with E-state index >= 15 is 0 Å². The lowest BCUT2D eigenvalue weighted by Gasteiger charge is -2.16. The highest BCUT2D eigenvalue weighted by molar-refractivity contribution is 7.80. The predicted octanol–water partition coefficient (Wildman–Crippen LogP) is 0.263. The van der Waals surface area contributed by atoms with Crippen LogP contribution in [-0.2, 0) is 4.84 Å². The number of benzene rings is 1. The van der Waals surface area contributed by atoms with E-state index in [-0.39, 0.29) is 34.6 Å². The van der Waals surface area contributed by atoms with Crippen LogP contribution in [0, 0.1) is 10.1 Å². The zero-order chi connectivity index (χ0) is 18.7. The molecule has 3 amide bonds. The minimum absolute atomic E-state index is 0.00988. The Balaban J connectivity index is 2.41. The summed E-state index contributed by atoms with van der Waals surface area (Å²) in [6.07, 6.45) is 0.370. The van der Waals surface area contributed by atoms with Gasteiger partial charge in [0.25, 0.3) is 22.8 Å². The standard InChI is InChI=1S/C14H13N3O7S/c1-15(7-24-17(22)23)12(19)9-5-11-10(4-8(9)6-18)13(20)16(2-3-25)14(11)21/h4-6,25H,2-3,7H2,1H3.